The van der Waals surface area contributed by atoms with Gasteiger partial charge in [0.15, 0.2) is 0 Å². The largest absolute Gasteiger partial charge is 0.373 e. The van der Waals surface area contributed by atoms with Gasteiger partial charge in [-0.15, -0.1) is 0 Å². The maximum atomic E-state index is 12.4. The molecule has 1 saturated carbocycles. The smallest absolute Gasteiger partial charge is 0.244 e. The number of nitrogens with zero attached hydrogens (tertiary/aromatic N) is 2. The van der Waals surface area contributed by atoms with E-state index in [1.807, 2.05) is 0 Å². The first-order valence-corrected chi connectivity index (χ1v) is 8.08. The molecule has 0 aliphatic heterocycles. The van der Waals surface area contributed by atoms with Crippen LogP contribution in [0.3, 0.4) is 0 Å². The average molecular weight is 283 g/mol. The molecule has 1 aliphatic carbocycles. The van der Waals surface area contributed by atoms with E-state index in [4.69, 9.17) is 0 Å². The van der Waals surface area contributed by atoms with Crippen molar-refractivity contribution in [2.45, 2.75) is 30.6 Å². The van der Waals surface area contributed by atoms with Crippen LogP contribution >= 0.6 is 0 Å². The van der Waals surface area contributed by atoms with Gasteiger partial charge in [-0.25, -0.2) is 17.7 Å². The van der Waals surface area contributed by atoms with Crippen molar-refractivity contribution in [3.8, 4) is 0 Å². The standard InChI is InChI=1S/C13H21N3O2S/c1-14-13-8-7-12(9-15-13)19(17,18)16(2)10-11-5-3-4-6-11/h7-9,11H,3-6,10H2,1-2H3,(H,14,15). The van der Waals surface area contributed by atoms with Crippen LogP contribution in [0.4, 0.5) is 5.82 Å². The summed E-state index contributed by atoms with van der Waals surface area (Å²) in [4.78, 5) is 4.32. The molecule has 1 aromatic heterocycles. The summed E-state index contributed by atoms with van der Waals surface area (Å²) >= 11 is 0. The number of pyridine rings is 1. The van der Waals surface area contributed by atoms with E-state index in [0.29, 0.717) is 18.3 Å². The van der Waals surface area contributed by atoms with E-state index in [9.17, 15) is 8.42 Å². The van der Waals surface area contributed by atoms with Gasteiger partial charge in [0, 0.05) is 26.8 Å². The van der Waals surface area contributed by atoms with Crippen LogP contribution in [-0.4, -0.2) is 38.3 Å². The van der Waals surface area contributed by atoms with Crippen LogP contribution in [-0.2, 0) is 10.0 Å². The number of rotatable bonds is 5. The van der Waals surface area contributed by atoms with Crippen LogP contribution in [0.25, 0.3) is 0 Å². The fourth-order valence-electron chi connectivity index (χ4n) is 2.52. The van der Waals surface area contributed by atoms with Crippen LogP contribution in [0.1, 0.15) is 25.7 Å². The minimum absolute atomic E-state index is 0.256. The Bertz CT molecular complexity index is 507. The van der Waals surface area contributed by atoms with Crippen molar-refractivity contribution in [1.29, 1.82) is 0 Å². The summed E-state index contributed by atoms with van der Waals surface area (Å²) in [6.45, 7) is 0.607. The first-order chi connectivity index (χ1) is 9.04. The quantitative estimate of drug-likeness (QED) is 0.897. The maximum Gasteiger partial charge on any atom is 0.244 e. The Morgan fingerprint density at radius 1 is 1.37 bits per heavy atom. The van der Waals surface area contributed by atoms with Crippen LogP contribution in [0, 0.1) is 5.92 Å². The normalized spacial score (nSPS) is 17.0. The third kappa shape index (κ3) is 3.25. The van der Waals surface area contributed by atoms with E-state index in [0.717, 1.165) is 12.8 Å². The highest BCUT2D eigenvalue weighted by atomic mass is 32.2. The van der Waals surface area contributed by atoms with Crippen LogP contribution in [0.5, 0.6) is 0 Å². The molecule has 0 bridgehead atoms. The predicted molar refractivity (Wildman–Crippen MR) is 75.6 cm³/mol. The van der Waals surface area contributed by atoms with E-state index in [1.165, 1.54) is 23.3 Å². The third-order valence-electron chi connectivity index (χ3n) is 3.69. The Balaban J connectivity index is 2.10. The van der Waals surface area contributed by atoms with E-state index in [-0.39, 0.29) is 4.90 Å². The number of anilines is 1. The average Bonchev–Trinajstić information content (AvgIpc) is 2.91. The summed E-state index contributed by atoms with van der Waals surface area (Å²) in [6.07, 6.45) is 6.12. The third-order valence-corrected chi connectivity index (χ3v) is 5.50. The monoisotopic (exact) mass is 283 g/mol. The zero-order valence-corrected chi connectivity index (χ0v) is 12.3. The van der Waals surface area contributed by atoms with Crippen LogP contribution in [0.15, 0.2) is 23.2 Å². The summed E-state index contributed by atoms with van der Waals surface area (Å²) in [7, 11) is -0.00326. The lowest BCUT2D eigenvalue weighted by Crippen LogP contribution is -2.31. The summed E-state index contributed by atoms with van der Waals surface area (Å²) in [5.74, 6) is 1.17. The molecule has 1 aliphatic rings. The minimum atomic E-state index is -3.41. The summed E-state index contributed by atoms with van der Waals surface area (Å²) < 4.78 is 26.2. The maximum absolute atomic E-state index is 12.4. The lowest BCUT2D eigenvalue weighted by atomic mass is 10.1. The van der Waals surface area contributed by atoms with Gasteiger partial charge >= 0.3 is 0 Å². The number of sulfonamides is 1. The van der Waals surface area contributed by atoms with Gasteiger partial charge in [0.2, 0.25) is 10.0 Å². The Hall–Kier alpha value is -1.14. The molecule has 106 valence electrons. The molecule has 6 heteroatoms. The van der Waals surface area contributed by atoms with Crippen molar-refractivity contribution in [3.05, 3.63) is 18.3 Å². The highest BCUT2D eigenvalue weighted by Crippen LogP contribution is 2.27. The molecule has 1 fully saturated rings. The minimum Gasteiger partial charge on any atom is -0.373 e. The SMILES string of the molecule is CNc1ccc(S(=O)(=O)N(C)CC2CCCC2)cn1. The molecule has 0 atom stereocenters. The molecule has 0 amide bonds. The second-order valence-electron chi connectivity index (χ2n) is 5.07. The summed E-state index contributed by atoms with van der Waals surface area (Å²) in [5.41, 5.74) is 0. The molecular weight excluding hydrogens is 262 g/mol. The van der Waals surface area contributed by atoms with Crippen LogP contribution < -0.4 is 5.32 Å². The van der Waals surface area contributed by atoms with Crippen molar-refractivity contribution in [3.63, 3.8) is 0 Å². The second kappa shape index (κ2) is 5.88. The van der Waals surface area contributed by atoms with Gasteiger partial charge in [0.25, 0.3) is 0 Å². The number of aromatic nitrogens is 1. The summed E-state index contributed by atoms with van der Waals surface area (Å²) in [5, 5.41) is 2.87. The zero-order chi connectivity index (χ0) is 13.9. The van der Waals surface area contributed by atoms with Gasteiger partial charge < -0.3 is 5.32 Å². The second-order valence-corrected chi connectivity index (χ2v) is 7.11. The van der Waals surface area contributed by atoms with Crippen molar-refractivity contribution >= 4 is 15.8 Å². The number of nitrogens with one attached hydrogen (secondary N) is 1. The van der Waals surface area contributed by atoms with Crippen molar-refractivity contribution in [2.75, 3.05) is 26.0 Å². The number of hydrogen-bond acceptors (Lipinski definition) is 4. The molecular formula is C13H21N3O2S. The molecule has 0 unspecified atom stereocenters. The molecule has 1 heterocycles. The Labute approximate surface area is 115 Å². The topological polar surface area (TPSA) is 62.3 Å². The van der Waals surface area contributed by atoms with Gasteiger partial charge in [0.05, 0.1) is 0 Å². The zero-order valence-electron chi connectivity index (χ0n) is 11.5. The van der Waals surface area contributed by atoms with E-state index in [2.05, 4.69) is 10.3 Å². The van der Waals surface area contributed by atoms with Gasteiger partial charge in [-0.05, 0) is 30.9 Å². The fraction of sp³-hybridized carbons (Fsp3) is 0.615. The molecule has 0 aromatic carbocycles. The van der Waals surface area contributed by atoms with E-state index >= 15 is 0 Å². The molecule has 1 N–H and O–H groups in total. The van der Waals surface area contributed by atoms with Gasteiger partial charge in [0.1, 0.15) is 10.7 Å². The van der Waals surface area contributed by atoms with Gasteiger partial charge in [-0.2, -0.15) is 0 Å². The molecule has 1 aromatic rings. The van der Waals surface area contributed by atoms with Crippen LogP contribution in [0.2, 0.25) is 0 Å². The van der Waals surface area contributed by atoms with Crippen molar-refractivity contribution in [2.24, 2.45) is 5.92 Å². The Morgan fingerprint density at radius 3 is 2.58 bits per heavy atom. The first kappa shape index (κ1) is 14.3. The predicted octanol–water partition coefficient (Wildman–Crippen LogP) is 1.93. The lowest BCUT2D eigenvalue weighted by Gasteiger charge is -2.20. The van der Waals surface area contributed by atoms with Crippen molar-refractivity contribution < 1.29 is 8.42 Å². The number of hydrogen-bond donors (Lipinski definition) is 1. The van der Waals surface area contributed by atoms with E-state index in [1.54, 1.807) is 26.2 Å². The highest BCUT2D eigenvalue weighted by Gasteiger charge is 2.25. The highest BCUT2D eigenvalue weighted by molar-refractivity contribution is 7.89. The first-order valence-electron chi connectivity index (χ1n) is 6.64. The summed E-state index contributed by atoms with van der Waals surface area (Å²) in [6, 6.07) is 3.27. The van der Waals surface area contributed by atoms with Gasteiger partial charge in [-0.3, -0.25) is 0 Å². The molecule has 2 rings (SSSR count). The molecule has 5 nitrogen and oxygen atoms in total. The lowest BCUT2D eigenvalue weighted by molar-refractivity contribution is 0.387. The molecule has 0 spiro atoms. The van der Waals surface area contributed by atoms with Gasteiger partial charge in [-0.1, -0.05) is 12.8 Å². The molecule has 19 heavy (non-hydrogen) atoms. The molecule has 0 radical (unpaired) electrons. The Kier molecular flexibility index (Phi) is 4.42. The molecule has 0 saturated heterocycles. The Morgan fingerprint density at radius 2 is 2.05 bits per heavy atom. The fourth-order valence-corrected chi connectivity index (χ4v) is 3.71. The van der Waals surface area contributed by atoms with Crippen molar-refractivity contribution in [1.82, 2.24) is 9.29 Å². The van der Waals surface area contributed by atoms with E-state index < -0.39 is 10.0 Å².